The van der Waals surface area contributed by atoms with Gasteiger partial charge in [0.05, 0.1) is 39.9 Å². The van der Waals surface area contributed by atoms with E-state index in [4.69, 9.17) is 9.05 Å². The molecule has 9 heteroatoms. The maximum absolute atomic E-state index is 12.9. The Balaban J connectivity index is 4.30. The van der Waals surface area contributed by atoms with Crippen LogP contribution in [0.25, 0.3) is 0 Å². The van der Waals surface area contributed by atoms with Gasteiger partial charge in [-0.2, -0.15) is 0 Å². The molecule has 3 unspecified atom stereocenters. The number of nitrogens with one attached hydrogen (secondary N) is 1. The molecule has 0 rings (SSSR count). The van der Waals surface area contributed by atoms with Crippen LogP contribution in [0.2, 0.25) is 0 Å². The average Bonchev–Trinajstić information content (AvgIpc) is 3.17. The van der Waals surface area contributed by atoms with Gasteiger partial charge in [-0.05, 0) is 51.4 Å². The molecule has 0 saturated heterocycles. The summed E-state index contributed by atoms with van der Waals surface area (Å²) in [6, 6.07) is -0.849. The van der Waals surface area contributed by atoms with Crippen molar-refractivity contribution in [2.75, 3.05) is 40.9 Å². The Morgan fingerprint density at radius 2 is 0.983 bits per heavy atom. The van der Waals surface area contributed by atoms with E-state index in [-0.39, 0.29) is 19.1 Å². The first-order chi connectivity index (χ1) is 28.0. The third-order valence-electron chi connectivity index (χ3n) is 10.9. The SMILES string of the molecule is CCCCCCCCCCC/C=C\C/C=C\CCCCCCCCCC(=O)NC(COP(=O)(O)OCC[N+](C)(C)C)C(O)/C=C/CCCCCCCCCCCCC. The third kappa shape index (κ3) is 42.8. The van der Waals surface area contributed by atoms with E-state index in [0.717, 1.165) is 51.4 Å². The van der Waals surface area contributed by atoms with Crippen molar-refractivity contribution in [2.45, 2.75) is 231 Å². The number of aliphatic hydroxyl groups is 1. The van der Waals surface area contributed by atoms with E-state index >= 15 is 0 Å². The van der Waals surface area contributed by atoms with Gasteiger partial charge in [0.2, 0.25) is 5.91 Å². The summed E-state index contributed by atoms with van der Waals surface area (Å²) in [4.78, 5) is 23.2. The summed E-state index contributed by atoms with van der Waals surface area (Å²) >= 11 is 0. The molecule has 0 heterocycles. The molecule has 0 aromatic carbocycles. The fraction of sp³-hybridized carbons (Fsp3) is 0.857. The molecule has 0 aromatic rings. The van der Waals surface area contributed by atoms with Gasteiger partial charge in [0.25, 0.3) is 0 Å². The average molecular weight is 840 g/mol. The van der Waals surface area contributed by atoms with Crippen molar-refractivity contribution < 1.29 is 32.9 Å². The molecule has 0 aliphatic carbocycles. The summed E-state index contributed by atoms with van der Waals surface area (Å²) in [6.07, 6.45) is 50.7. The molecule has 3 atom stereocenters. The van der Waals surface area contributed by atoms with Crippen LogP contribution in [0.1, 0.15) is 219 Å². The summed E-state index contributed by atoms with van der Waals surface area (Å²) in [5.74, 6) is -0.185. The van der Waals surface area contributed by atoms with Crippen LogP contribution in [0.3, 0.4) is 0 Å². The topological polar surface area (TPSA) is 105 Å². The molecule has 3 N–H and O–H groups in total. The maximum atomic E-state index is 12.9. The molecule has 0 bridgehead atoms. The Kier molecular flexibility index (Phi) is 40.2. The largest absolute Gasteiger partial charge is 0.472 e. The molecule has 0 fully saturated rings. The van der Waals surface area contributed by atoms with Crippen LogP contribution in [0.5, 0.6) is 0 Å². The van der Waals surface area contributed by atoms with Crippen molar-refractivity contribution >= 4 is 13.7 Å². The monoisotopic (exact) mass is 840 g/mol. The normalized spacial score (nSPS) is 14.5. The number of quaternary nitrogens is 1. The van der Waals surface area contributed by atoms with E-state index in [0.29, 0.717) is 17.4 Å². The fourth-order valence-corrected chi connectivity index (χ4v) is 7.69. The maximum Gasteiger partial charge on any atom is 0.472 e. The van der Waals surface area contributed by atoms with Gasteiger partial charge in [-0.15, -0.1) is 0 Å². The number of amides is 1. The van der Waals surface area contributed by atoms with Gasteiger partial charge < -0.3 is 19.8 Å². The standard InChI is InChI=1S/C49H95N2O6P/c1-6-8-10-12-14-16-18-20-21-22-23-24-25-26-27-28-29-31-33-35-37-39-41-43-49(53)50-47(46-57-58(54,55)56-45-44-51(3,4)5)48(52)42-40-38-36-34-32-30-19-17-15-13-11-9-7-2/h23-24,26-27,40,42,47-48,52H,6-22,25,28-39,41,43-46H2,1-5H3,(H-,50,53,54,55)/p+1/b24-23-,27-26-,42-40+. The number of hydrogen-bond acceptors (Lipinski definition) is 5. The summed E-state index contributed by atoms with van der Waals surface area (Å²) in [7, 11) is 1.57. The van der Waals surface area contributed by atoms with Crippen LogP contribution < -0.4 is 5.32 Å². The molecule has 58 heavy (non-hydrogen) atoms. The first-order valence-corrected chi connectivity index (χ1v) is 25.9. The van der Waals surface area contributed by atoms with Gasteiger partial charge in [0.1, 0.15) is 13.2 Å². The number of nitrogens with zero attached hydrogens (tertiary/aromatic N) is 1. The number of allylic oxidation sites excluding steroid dienone is 5. The van der Waals surface area contributed by atoms with Gasteiger partial charge in [-0.3, -0.25) is 13.8 Å². The highest BCUT2D eigenvalue weighted by molar-refractivity contribution is 7.47. The lowest BCUT2D eigenvalue weighted by Crippen LogP contribution is -2.45. The second kappa shape index (κ2) is 41.1. The number of carbonyl (C=O) groups is 1. The first kappa shape index (κ1) is 56.7. The second-order valence-corrected chi connectivity index (χ2v) is 19.3. The lowest BCUT2D eigenvalue weighted by molar-refractivity contribution is -0.870. The Bertz CT molecular complexity index is 1040. The molecule has 1 amide bonds. The predicted molar refractivity (Wildman–Crippen MR) is 249 cm³/mol. The smallest absolute Gasteiger partial charge is 0.387 e. The molecule has 0 spiro atoms. The Morgan fingerprint density at radius 1 is 0.586 bits per heavy atom. The molecule has 0 aliphatic rings. The number of unbranched alkanes of at least 4 members (excludes halogenated alkanes) is 27. The quantitative estimate of drug-likeness (QED) is 0.0244. The molecule has 0 aromatic heterocycles. The highest BCUT2D eigenvalue weighted by Gasteiger charge is 2.27. The minimum atomic E-state index is -4.34. The van der Waals surface area contributed by atoms with Crippen molar-refractivity contribution in [3.05, 3.63) is 36.5 Å². The van der Waals surface area contributed by atoms with E-state index < -0.39 is 20.0 Å². The van der Waals surface area contributed by atoms with E-state index in [1.807, 2.05) is 27.2 Å². The first-order valence-electron chi connectivity index (χ1n) is 24.4. The van der Waals surface area contributed by atoms with Gasteiger partial charge in [-0.25, -0.2) is 4.57 Å². The highest BCUT2D eigenvalue weighted by Crippen LogP contribution is 2.43. The minimum absolute atomic E-state index is 0.0596. The van der Waals surface area contributed by atoms with E-state index in [1.165, 1.54) is 148 Å². The van der Waals surface area contributed by atoms with Gasteiger partial charge in [0.15, 0.2) is 0 Å². The summed E-state index contributed by atoms with van der Waals surface area (Å²) in [6.45, 7) is 4.81. The minimum Gasteiger partial charge on any atom is -0.387 e. The van der Waals surface area contributed by atoms with Crippen LogP contribution in [0, 0.1) is 0 Å². The van der Waals surface area contributed by atoms with Crippen molar-refractivity contribution in [2.24, 2.45) is 0 Å². The second-order valence-electron chi connectivity index (χ2n) is 17.8. The zero-order chi connectivity index (χ0) is 42.8. The lowest BCUT2D eigenvalue weighted by atomic mass is 10.0. The molecule has 0 radical (unpaired) electrons. The number of hydrogen-bond donors (Lipinski definition) is 3. The van der Waals surface area contributed by atoms with Crippen molar-refractivity contribution in [1.29, 1.82) is 0 Å². The van der Waals surface area contributed by atoms with Crippen LogP contribution >= 0.6 is 7.82 Å². The van der Waals surface area contributed by atoms with Gasteiger partial charge >= 0.3 is 7.82 Å². The number of phosphoric ester groups is 1. The van der Waals surface area contributed by atoms with E-state index in [2.05, 4.69) is 43.5 Å². The highest BCUT2D eigenvalue weighted by atomic mass is 31.2. The number of aliphatic hydroxyl groups excluding tert-OH is 1. The lowest BCUT2D eigenvalue weighted by Gasteiger charge is -2.25. The van der Waals surface area contributed by atoms with Crippen LogP contribution in [-0.2, 0) is 18.4 Å². The zero-order valence-corrected chi connectivity index (χ0v) is 39.7. The Labute approximate surface area is 359 Å². The molecule has 0 saturated carbocycles. The predicted octanol–water partition coefficient (Wildman–Crippen LogP) is 13.9. The Hall–Kier alpha value is -1.28. The summed E-state index contributed by atoms with van der Waals surface area (Å²) in [5.41, 5.74) is 0. The molecule has 0 aliphatic heterocycles. The van der Waals surface area contributed by atoms with Crippen LogP contribution in [0.15, 0.2) is 36.5 Å². The molecular weight excluding hydrogens is 744 g/mol. The number of carbonyl (C=O) groups excluding carboxylic acids is 1. The summed E-state index contributed by atoms with van der Waals surface area (Å²) in [5, 5.41) is 13.8. The van der Waals surface area contributed by atoms with Gasteiger partial charge in [-0.1, -0.05) is 198 Å². The van der Waals surface area contributed by atoms with E-state index in [9.17, 15) is 19.4 Å². The fourth-order valence-electron chi connectivity index (χ4n) is 6.95. The number of likely N-dealkylation sites (N-methyl/N-ethyl adjacent to an activating group) is 1. The van der Waals surface area contributed by atoms with Crippen molar-refractivity contribution in [3.63, 3.8) is 0 Å². The zero-order valence-electron chi connectivity index (χ0n) is 38.8. The van der Waals surface area contributed by atoms with Crippen molar-refractivity contribution in [3.8, 4) is 0 Å². The number of phosphoric acid groups is 1. The summed E-state index contributed by atoms with van der Waals surface area (Å²) < 4.78 is 23.6. The molecule has 342 valence electrons. The number of rotatable bonds is 44. The third-order valence-corrected chi connectivity index (χ3v) is 11.8. The van der Waals surface area contributed by atoms with Crippen LogP contribution in [0.4, 0.5) is 0 Å². The molecule has 8 nitrogen and oxygen atoms in total. The Morgan fingerprint density at radius 3 is 1.41 bits per heavy atom. The van der Waals surface area contributed by atoms with Crippen LogP contribution in [-0.4, -0.2) is 73.4 Å². The van der Waals surface area contributed by atoms with Crippen molar-refractivity contribution in [1.82, 2.24) is 5.32 Å². The van der Waals surface area contributed by atoms with Gasteiger partial charge in [0, 0.05) is 6.42 Å². The van der Waals surface area contributed by atoms with E-state index in [1.54, 1.807) is 6.08 Å². The molecular formula is C49H96N2O6P+.